The Balaban J connectivity index is 2.87. The topological polar surface area (TPSA) is 0 Å². The second-order valence-electron chi connectivity index (χ2n) is 2.20. The van der Waals surface area contributed by atoms with Gasteiger partial charge in [0.05, 0.1) is 0 Å². The molecule has 52 valence electrons. The molecule has 10 heavy (non-hydrogen) atoms. The zero-order chi connectivity index (χ0) is 7.40. The minimum atomic E-state index is 1.03. The molecule has 0 nitrogen and oxygen atoms in total. The Kier molecular flexibility index (Phi) is 2.57. The Hall–Kier alpha value is -0.690. The van der Waals surface area contributed by atoms with Crippen LogP contribution >= 0.6 is 12.6 Å². The summed E-state index contributed by atoms with van der Waals surface area (Å²) in [5, 5.41) is 0. The highest BCUT2D eigenvalue weighted by Crippen LogP contribution is 2.07. The number of hydrogen-bond donors (Lipinski definition) is 1. The lowest BCUT2D eigenvalue weighted by Gasteiger charge is -1.90. The van der Waals surface area contributed by atoms with E-state index >= 15 is 0 Å². The third kappa shape index (κ3) is 2.28. The highest BCUT2D eigenvalue weighted by Gasteiger charge is 1.82. The first-order valence-corrected chi connectivity index (χ1v) is 3.66. The molecule has 0 aromatic heterocycles. The molecule has 1 aromatic carbocycles. The summed E-state index contributed by atoms with van der Waals surface area (Å²) in [5.74, 6) is 0. The largest absolute Gasteiger partial charge is 0.148 e. The van der Waals surface area contributed by atoms with Gasteiger partial charge in [0.25, 0.3) is 0 Å². The van der Waals surface area contributed by atoms with E-state index in [2.05, 4.69) is 24.8 Å². The second-order valence-corrected chi connectivity index (χ2v) is 2.90. The third-order valence-corrected chi connectivity index (χ3v) is 1.30. The lowest BCUT2D eigenvalue weighted by Crippen LogP contribution is -1.68. The maximum atomic E-state index is 4.17. The monoisotopic (exact) mass is 150 g/mol. The fourth-order valence-corrected chi connectivity index (χ4v) is 0.940. The lowest BCUT2D eigenvalue weighted by atomic mass is 10.2. The van der Waals surface area contributed by atoms with E-state index < -0.39 is 0 Å². The van der Waals surface area contributed by atoms with Crippen LogP contribution in [0.2, 0.25) is 0 Å². The molecule has 0 amide bonds. The van der Waals surface area contributed by atoms with Gasteiger partial charge in [0.2, 0.25) is 0 Å². The molecule has 0 N–H and O–H groups in total. The average molecular weight is 150 g/mol. The van der Waals surface area contributed by atoms with Crippen LogP contribution < -0.4 is 0 Å². The van der Waals surface area contributed by atoms with E-state index in [1.165, 1.54) is 5.56 Å². The number of thiol groups is 1. The molecule has 1 heteroatoms. The molecule has 0 unspecified atom stereocenters. The van der Waals surface area contributed by atoms with Gasteiger partial charge in [-0.15, -0.1) is 12.6 Å². The second kappa shape index (κ2) is 3.47. The molecule has 0 radical (unpaired) electrons. The van der Waals surface area contributed by atoms with E-state index in [0.29, 0.717) is 0 Å². The van der Waals surface area contributed by atoms with Crippen molar-refractivity contribution in [3.63, 3.8) is 0 Å². The molecule has 0 bridgehead atoms. The first kappa shape index (κ1) is 7.42. The molecule has 0 saturated heterocycles. The van der Waals surface area contributed by atoms with Gasteiger partial charge in [-0.1, -0.05) is 30.3 Å². The number of benzene rings is 1. The van der Waals surface area contributed by atoms with E-state index in [1.54, 1.807) is 0 Å². The van der Waals surface area contributed by atoms with Crippen LogP contribution in [0.25, 0.3) is 6.08 Å². The Morgan fingerprint density at radius 2 is 1.90 bits per heavy atom. The minimum absolute atomic E-state index is 1.03. The van der Waals surface area contributed by atoms with Crippen LogP contribution in [0.5, 0.6) is 0 Å². The van der Waals surface area contributed by atoms with Gasteiger partial charge in [-0.05, 0) is 23.5 Å². The molecule has 0 aliphatic rings. The maximum Gasteiger partial charge on any atom is -0.0209 e. The van der Waals surface area contributed by atoms with Gasteiger partial charge in [-0.25, -0.2) is 0 Å². The van der Waals surface area contributed by atoms with Crippen LogP contribution in [0.4, 0.5) is 0 Å². The first-order chi connectivity index (χ1) is 4.79. The summed E-state index contributed by atoms with van der Waals surface area (Å²) in [6.07, 6.45) is 2.03. The van der Waals surface area contributed by atoms with Crippen LogP contribution in [-0.4, -0.2) is 0 Å². The van der Waals surface area contributed by atoms with Crippen molar-refractivity contribution in [2.75, 3.05) is 0 Å². The standard InChI is InChI=1S/C9H10S/c1-8(10)7-9-5-3-2-4-6-9/h2-7,10H,1H3/b8-7-. The van der Waals surface area contributed by atoms with E-state index in [1.807, 2.05) is 31.2 Å². The predicted molar refractivity (Wildman–Crippen MR) is 49.1 cm³/mol. The van der Waals surface area contributed by atoms with E-state index in [9.17, 15) is 0 Å². The van der Waals surface area contributed by atoms with Gasteiger partial charge >= 0.3 is 0 Å². The quantitative estimate of drug-likeness (QED) is 0.584. The van der Waals surface area contributed by atoms with Crippen LogP contribution in [0.15, 0.2) is 35.2 Å². The summed E-state index contributed by atoms with van der Waals surface area (Å²) >= 11 is 4.17. The van der Waals surface area contributed by atoms with Gasteiger partial charge in [0.1, 0.15) is 0 Å². The molecule has 1 aromatic rings. The zero-order valence-corrected chi connectivity index (χ0v) is 6.81. The number of hydrogen-bond acceptors (Lipinski definition) is 1. The zero-order valence-electron chi connectivity index (χ0n) is 5.91. The van der Waals surface area contributed by atoms with Gasteiger partial charge in [0, 0.05) is 0 Å². The van der Waals surface area contributed by atoms with Gasteiger partial charge < -0.3 is 0 Å². The van der Waals surface area contributed by atoms with E-state index in [-0.39, 0.29) is 0 Å². The number of allylic oxidation sites excluding steroid dienone is 1. The summed E-state index contributed by atoms with van der Waals surface area (Å²) in [7, 11) is 0. The lowest BCUT2D eigenvalue weighted by molar-refractivity contribution is 1.63. The Morgan fingerprint density at radius 3 is 2.40 bits per heavy atom. The number of rotatable bonds is 1. The Morgan fingerprint density at radius 1 is 1.30 bits per heavy atom. The minimum Gasteiger partial charge on any atom is -0.148 e. The Bertz CT molecular complexity index is 220. The molecule has 0 saturated carbocycles. The van der Waals surface area contributed by atoms with E-state index in [4.69, 9.17) is 0 Å². The van der Waals surface area contributed by atoms with Crippen LogP contribution in [-0.2, 0) is 0 Å². The molecule has 0 heterocycles. The van der Waals surface area contributed by atoms with Crippen LogP contribution in [0.1, 0.15) is 12.5 Å². The van der Waals surface area contributed by atoms with Crippen molar-refractivity contribution in [2.45, 2.75) is 6.92 Å². The van der Waals surface area contributed by atoms with Crippen molar-refractivity contribution in [3.05, 3.63) is 40.8 Å². The summed E-state index contributed by atoms with van der Waals surface area (Å²) in [6.45, 7) is 1.97. The van der Waals surface area contributed by atoms with Gasteiger partial charge in [-0.2, -0.15) is 0 Å². The fraction of sp³-hybridized carbons (Fsp3) is 0.111. The molecular formula is C9H10S. The summed E-state index contributed by atoms with van der Waals surface area (Å²) in [4.78, 5) is 1.03. The molecule has 0 aliphatic heterocycles. The molecule has 0 spiro atoms. The van der Waals surface area contributed by atoms with Gasteiger partial charge in [0.15, 0.2) is 0 Å². The predicted octanol–water partition coefficient (Wildman–Crippen LogP) is 2.98. The van der Waals surface area contributed by atoms with Crippen LogP contribution in [0.3, 0.4) is 0 Å². The summed E-state index contributed by atoms with van der Waals surface area (Å²) in [6, 6.07) is 10.1. The van der Waals surface area contributed by atoms with Crippen molar-refractivity contribution in [1.29, 1.82) is 0 Å². The Labute approximate surface area is 67.0 Å². The highest BCUT2D eigenvalue weighted by atomic mass is 32.1. The van der Waals surface area contributed by atoms with Crippen LogP contribution in [0, 0.1) is 0 Å². The van der Waals surface area contributed by atoms with Crippen molar-refractivity contribution < 1.29 is 0 Å². The summed E-state index contributed by atoms with van der Waals surface area (Å²) in [5.41, 5.74) is 1.20. The highest BCUT2D eigenvalue weighted by molar-refractivity contribution is 7.84. The normalized spacial score (nSPS) is 11.6. The van der Waals surface area contributed by atoms with Crippen molar-refractivity contribution in [3.8, 4) is 0 Å². The average Bonchev–Trinajstić information content (AvgIpc) is 1.88. The third-order valence-electron chi connectivity index (χ3n) is 1.18. The smallest absolute Gasteiger partial charge is 0.0209 e. The molecule has 0 fully saturated rings. The van der Waals surface area contributed by atoms with Crippen molar-refractivity contribution in [2.24, 2.45) is 0 Å². The SMILES string of the molecule is C/C(S)=C/c1ccccc1. The molecule has 0 aliphatic carbocycles. The van der Waals surface area contributed by atoms with Crippen molar-refractivity contribution >= 4 is 18.7 Å². The maximum absolute atomic E-state index is 4.17. The molecular weight excluding hydrogens is 140 g/mol. The molecule has 1 rings (SSSR count). The first-order valence-electron chi connectivity index (χ1n) is 3.21. The molecule has 0 atom stereocenters. The summed E-state index contributed by atoms with van der Waals surface area (Å²) < 4.78 is 0. The van der Waals surface area contributed by atoms with E-state index in [0.717, 1.165) is 4.91 Å². The van der Waals surface area contributed by atoms with Gasteiger partial charge in [-0.3, -0.25) is 0 Å². The van der Waals surface area contributed by atoms with Crippen molar-refractivity contribution in [1.82, 2.24) is 0 Å². The fourth-order valence-electron chi connectivity index (χ4n) is 0.790.